The van der Waals surface area contributed by atoms with E-state index in [0.717, 1.165) is 55.7 Å². The molecule has 5 rings (SSSR count). The number of nitrogens with zero attached hydrogens (tertiary/aromatic N) is 5. The predicted molar refractivity (Wildman–Crippen MR) is 140 cm³/mol. The average molecular weight is 479 g/mol. The molecule has 1 aliphatic heterocycles. The second kappa shape index (κ2) is 9.64. The molecule has 1 aromatic carbocycles. The summed E-state index contributed by atoms with van der Waals surface area (Å²) >= 11 is 0. The molecule has 1 saturated heterocycles. The van der Waals surface area contributed by atoms with E-state index in [-0.39, 0.29) is 5.56 Å². The van der Waals surface area contributed by atoms with E-state index in [1.54, 1.807) is 11.8 Å². The number of aromatic amines is 1. The molecule has 0 amide bonds. The topological polar surface area (TPSA) is 79.3 Å². The number of hydrogen-bond acceptors (Lipinski definition) is 6. The van der Waals surface area contributed by atoms with E-state index in [4.69, 9.17) is 14.8 Å². The van der Waals surface area contributed by atoms with Gasteiger partial charge >= 0.3 is 0 Å². The molecular formula is C27H38N6O2. The number of H-pyrrole nitrogens is 1. The highest BCUT2D eigenvalue weighted by atomic mass is 16.5. The molecule has 1 aliphatic carbocycles. The zero-order valence-corrected chi connectivity index (χ0v) is 21.7. The Labute approximate surface area is 207 Å². The maximum atomic E-state index is 13.3. The molecule has 8 nitrogen and oxygen atoms in total. The van der Waals surface area contributed by atoms with Crippen molar-refractivity contribution in [3.05, 3.63) is 34.2 Å². The number of nitrogens with one attached hydrogen (secondary N) is 1. The summed E-state index contributed by atoms with van der Waals surface area (Å²) in [6.45, 7) is 4.33. The van der Waals surface area contributed by atoms with E-state index in [1.165, 1.54) is 12.8 Å². The molecule has 2 fully saturated rings. The number of piperidine rings is 1. The molecule has 8 heteroatoms. The van der Waals surface area contributed by atoms with Gasteiger partial charge in [-0.05, 0) is 57.8 Å². The van der Waals surface area contributed by atoms with Gasteiger partial charge in [-0.3, -0.25) is 4.79 Å². The summed E-state index contributed by atoms with van der Waals surface area (Å²) in [5.41, 5.74) is 3.34. The third-order valence-corrected chi connectivity index (χ3v) is 8.04. The maximum absolute atomic E-state index is 13.3. The van der Waals surface area contributed by atoms with E-state index in [9.17, 15) is 4.79 Å². The van der Waals surface area contributed by atoms with Gasteiger partial charge in [-0.15, -0.1) is 0 Å². The van der Waals surface area contributed by atoms with Crippen molar-refractivity contribution in [1.29, 1.82) is 0 Å². The van der Waals surface area contributed by atoms with E-state index < -0.39 is 0 Å². The minimum atomic E-state index is -0.122. The lowest BCUT2D eigenvalue weighted by Gasteiger charge is -2.36. The zero-order valence-electron chi connectivity index (χ0n) is 21.7. The Morgan fingerprint density at radius 3 is 2.60 bits per heavy atom. The number of anilines is 1. The van der Waals surface area contributed by atoms with Gasteiger partial charge in [-0.1, -0.05) is 19.8 Å². The van der Waals surface area contributed by atoms with Crippen LogP contribution in [0, 0.1) is 5.92 Å². The quantitative estimate of drug-likeness (QED) is 0.593. The predicted octanol–water partition coefficient (Wildman–Crippen LogP) is 4.16. The highest BCUT2D eigenvalue weighted by Gasteiger charge is 2.28. The van der Waals surface area contributed by atoms with Crippen LogP contribution in [0.1, 0.15) is 57.1 Å². The normalized spacial score (nSPS) is 21.7. The van der Waals surface area contributed by atoms with Gasteiger partial charge in [0.1, 0.15) is 17.0 Å². The number of benzene rings is 1. The minimum Gasteiger partial charge on any atom is -0.496 e. The number of fused-ring (bicyclic) bond motifs is 1. The Bertz CT molecular complexity index is 1250. The Hall–Kier alpha value is -2.87. The summed E-state index contributed by atoms with van der Waals surface area (Å²) in [5, 5.41) is 5.41. The lowest BCUT2D eigenvalue weighted by Crippen LogP contribution is -2.41. The highest BCUT2D eigenvalue weighted by Crippen LogP contribution is 2.38. The summed E-state index contributed by atoms with van der Waals surface area (Å²) < 4.78 is 7.53. The van der Waals surface area contributed by atoms with Crippen molar-refractivity contribution in [2.45, 2.75) is 57.4 Å². The molecule has 2 aromatic heterocycles. The Morgan fingerprint density at radius 1 is 1.14 bits per heavy atom. The van der Waals surface area contributed by atoms with Gasteiger partial charge in [-0.25, -0.2) is 9.67 Å². The number of methoxy groups -OCH3 is 1. The van der Waals surface area contributed by atoms with Gasteiger partial charge in [0.2, 0.25) is 0 Å². The van der Waals surface area contributed by atoms with Crippen LogP contribution in [-0.4, -0.2) is 65.0 Å². The van der Waals surface area contributed by atoms with Crippen LogP contribution in [-0.2, 0) is 7.05 Å². The molecule has 35 heavy (non-hydrogen) atoms. The molecule has 1 saturated carbocycles. The summed E-state index contributed by atoms with van der Waals surface area (Å²) in [6, 6.07) is 6.81. The van der Waals surface area contributed by atoms with Crippen LogP contribution in [0.3, 0.4) is 0 Å². The van der Waals surface area contributed by atoms with Crippen LogP contribution in [0.15, 0.2) is 23.0 Å². The lowest BCUT2D eigenvalue weighted by atomic mass is 9.80. The van der Waals surface area contributed by atoms with Gasteiger partial charge in [0.15, 0.2) is 5.65 Å². The van der Waals surface area contributed by atoms with Crippen molar-refractivity contribution in [3.63, 3.8) is 0 Å². The molecule has 3 heterocycles. The number of ether oxygens (including phenoxy) is 1. The third kappa shape index (κ3) is 4.56. The van der Waals surface area contributed by atoms with Crippen molar-refractivity contribution < 1.29 is 4.74 Å². The molecule has 188 valence electrons. The molecule has 1 N–H and O–H groups in total. The molecule has 0 bridgehead atoms. The van der Waals surface area contributed by atoms with Crippen LogP contribution in [0.5, 0.6) is 5.75 Å². The van der Waals surface area contributed by atoms with Crippen molar-refractivity contribution in [1.82, 2.24) is 24.6 Å². The van der Waals surface area contributed by atoms with Gasteiger partial charge in [0.05, 0.1) is 18.4 Å². The number of hydrogen-bond donors (Lipinski definition) is 1. The maximum Gasteiger partial charge on any atom is 0.262 e. The number of aromatic nitrogens is 4. The van der Waals surface area contributed by atoms with Crippen LogP contribution >= 0.6 is 0 Å². The molecule has 0 radical (unpaired) electrons. The fraction of sp³-hybridized carbons (Fsp3) is 0.593. The fourth-order valence-electron chi connectivity index (χ4n) is 5.99. The first-order valence-electron chi connectivity index (χ1n) is 12.9. The second-order valence-corrected chi connectivity index (χ2v) is 10.7. The van der Waals surface area contributed by atoms with E-state index >= 15 is 0 Å². The summed E-state index contributed by atoms with van der Waals surface area (Å²) in [7, 11) is 7.86. The fourth-order valence-corrected chi connectivity index (χ4v) is 5.99. The number of aryl methyl sites for hydroxylation is 1. The summed E-state index contributed by atoms with van der Waals surface area (Å²) in [4.78, 5) is 26.0. The van der Waals surface area contributed by atoms with E-state index in [2.05, 4.69) is 47.9 Å². The van der Waals surface area contributed by atoms with Crippen molar-refractivity contribution in [2.75, 3.05) is 39.2 Å². The van der Waals surface area contributed by atoms with Gasteiger partial charge < -0.3 is 19.5 Å². The largest absolute Gasteiger partial charge is 0.496 e. The van der Waals surface area contributed by atoms with E-state index in [1.807, 2.05) is 13.1 Å². The Morgan fingerprint density at radius 2 is 1.91 bits per heavy atom. The van der Waals surface area contributed by atoms with Gasteiger partial charge in [0.25, 0.3) is 5.56 Å². The Kier molecular flexibility index (Phi) is 6.57. The summed E-state index contributed by atoms with van der Waals surface area (Å²) in [6.07, 6.45) is 6.89. The zero-order chi connectivity index (χ0) is 24.7. The van der Waals surface area contributed by atoms with Gasteiger partial charge in [-0.2, -0.15) is 5.10 Å². The van der Waals surface area contributed by atoms with Crippen molar-refractivity contribution in [2.24, 2.45) is 13.0 Å². The van der Waals surface area contributed by atoms with Crippen LogP contribution in [0.25, 0.3) is 22.4 Å². The van der Waals surface area contributed by atoms with Gasteiger partial charge in [0, 0.05) is 43.9 Å². The SMILES string of the molecule is COc1cc(N2CCC(N(C)C)CC2)ccc1-c1nc2c(c(C3CCCC(C)C3)nn2C)c(=O)[nH]1. The smallest absolute Gasteiger partial charge is 0.262 e. The first kappa shape index (κ1) is 23.9. The summed E-state index contributed by atoms with van der Waals surface area (Å²) in [5.74, 6) is 2.21. The first-order valence-corrected chi connectivity index (χ1v) is 12.9. The van der Waals surface area contributed by atoms with Crippen LogP contribution < -0.4 is 15.2 Å². The lowest BCUT2D eigenvalue weighted by molar-refractivity contribution is 0.249. The molecule has 2 aliphatic rings. The van der Waals surface area contributed by atoms with Crippen molar-refractivity contribution in [3.8, 4) is 17.1 Å². The molecule has 2 unspecified atom stereocenters. The third-order valence-electron chi connectivity index (χ3n) is 8.04. The standard InChI is InChI=1S/C27H38N6O2/c1-17-7-6-8-18(15-17)24-23-26(32(4)30-24)28-25(29-27(23)34)21-10-9-20(16-22(21)35-5)33-13-11-19(12-14-33)31(2)3/h9-10,16-19H,6-8,11-15H2,1-5H3,(H,28,29,34). The molecular weight excluding hydrogens is 440 g/mol. The first-order chi connectivity index (χ1) is 16.9. The molecule has 2 atom stereocenters. The van der Waals surface area contributed by atoms with Crippen LogP contribution in [0.2, 0.25) is 0 Å². The average Bonchev–Trinajstić information content (AvgIpc) is 3.20. The highest BCUT2D eigenvalue weighted by molar-refractivity contribution is 5.81. The monoisotopic (exact) mass is 478 g/mol. The second-order valence-electron chi connectivity index (χ2n) is 10.7. The number of rotatable bonds is 5. The van der Waals surface area contributed by atoms with E-state index in [0.29, 0.717) is 40.5 Å². The van der Waals surface area contributed by atoms with Crippen LogP contribution in [0.4, 0.5) is 5.69 Å². The molecule has 3 aromatic rings. The molecule has 0 spiro atoms. The van der Waals surface area contributed by atoms with Crippen molar-refractivity contribution >= 4 is 16.7 Å². The minimum absolute atomic E-state index is 0.122. The Balaban J connectivity index is 1.47.